The number of ether oxygens (including phenoxy) is 2. The van der Waals surface area contributed by atoms with E-state index in [2.05, 4.69) is 13.8 Å². The lowest BCUT2D eigenvalue weighted by Gasteiger charge is -2.59. The van der Waals surface area contributed by atoms with E-state index in [1.807, 2.05) is 0 Å². The van der Waals surface area contributed by atoms with Gasteiger partial charge in [0.2, 0.25) is 0 Å². The minimum Gasteiger partial charge on any atom is -0.350 e. The van der Waals surface area contributed by atoms with E-state index < -0.39 is 0 Å². The summed E-state index contributed by atoms with van der Waals surface area (Å²) < 4.78 is 11.5. The van der Waals surface area contributed by atoms with Gasteiger partial charge in [-0.1, -0.05) is 13.8 Å². The highest BCUT2D eigenvalue weighted by Gasteiger charge is 2.62. The van der Waals surface area contributed by atoms with Gasteiger partial charge in [0.05, 0.1) is 13.2 Å². The Morgan fingerprint density at radius 2 is 1.67 bits per heavy atom. The number of hydrogen-bond donors (Lipinski definition) is 0. The molecule has 6 unspecified atom stereocenters. The molecular formula is C23H34O4. The van der Waals surface area contributed by atoms with Crippen molar-refractivity contribution in [2.24, 2.45) is 40.4 Å². The smallest absolute Gasteiger partial charge is 0.158 e. The van der Waals surface area contributed by atoms with Gasteiger partial charge < -0.3 is 9.47 Å². The van der Waals surface area contributed by atoms with Crippen LogP contribution < -0.4 is 0 Å². The predicted molar refractivity (Wildman–Crippen MR) is 101 cm³/mol. The van der Waals surface area contributed by atoms with Crippen LogP contribution in [-0.4, -0.2) is 31.1 Å². The fourth-order valence-electron chi connectivity index (χ4n) is 8.00. The Hall–Kier alpha value is -0.740. The second kappa shape index (κ2) is 6.38. The van der Waals surface area contributed by atoms with Crippen molar-refractivity contribution in [3.8, 4) is 0 Å². The van der Waals surface area contributed by atoms with Crippen LogP contribution in [0.1, 0.15) is 71.6 Å². The molecule has 0 amide bonds. The molecule has 27 heavy (non-hydrogen) atoms. The number of Topliss-reactive ketones (excluding diaryl/α,β-unsaturated/α-hetero) is 2. The van der Waals surface area contributed by atoms with E-state index in [4.69, 9.17) is 9.47 Å². The van der Waals surface area contributed by atoms with Gasteiger partial charge in [0.25, 0.3) is 0 Å². The van der Waals surface area contributed by atoms with Crippen LogP contribution in [0.5, 0.6) is 0 Å². The SMILES string of the molecule is CC12CCC(=O)CC1CC(=O)C1C2CCC2(C)C1CC[C@@H]2CC1OCCO1. The van der Waals surface area contributed by atoms with Gasteiger partial charge in [-0.25, -0.2) is 0 Å². The first-order valence-electron chi connectivity index (χ1n) is 11.2. The first-order chi connectivity index (χ1) is 12.9. The average molecular weight is 375 g/mol. The van der Waals surface area contributed by atoms with Crippen LogP contribution >= 0.6 is 0 Å². The fraction of sp³-hybridized carbons (Fsp3) is 0.913. The summed E-state index contributed by atoms with van der Waals surface area (Å²) in [5, 5.41) is 0. The molecule has 5 rings (SSSR count). The number of fused-ring (bicyclic) bond motifs is 5. The molecule has 4 nitrogen and oxygen atoms in total. The van der Waals surface area contributed by atoms with Crippen molar-refractivity contribution in [1.29, 1.82) is 0 Å². The molecule has 1 heterocycles. The molecule has 0 bridgehead atoms. The maximum atomic E-state index is 13.3. The Balaban J connectivity index is 1.40. The molecular weight excluding hydrogens is 340 g/mol. The van der Waals surface area contributed by atoms with Gasteiger partial charge in [0, 0.05) is 31.6 Å². The van der Waals surface area contributed by atoms with Crippen molar-refractivity contribution < 1.29 is 19.1 Å². The highest BCUT2D eigenvalue weighted by atomic mass is 16.7. The zero-order chi connectivity index (χ0) is 18.8. The van der Waals surface area contributed by atoms with E-state index in [-0.39, 0.29) is 23.0 Å². The van der Waals surface area contributed by atoms with Gasteiger partial charge in [-0.3, -0.25) is 9.59 Å². The normalized spacial score (nSPS) is 50.4. The molecule has 0 spiro atoms. The summed E-state index contributed by atoms with van der Waals surface area (Å²) in [6.45, 7) is 6.30. The number of carbonyl (C=O) groups is 2. The molecule has 0 aromatic carbocycles. The van der Waals surface area contributed by atoms with Crippen molar-refractivity contribution in [2.75, 3.05) is 13.2 Å². The van der Waals surface area contributed by atoms with Crippen LogP contribution in [0.25, 0.3) is 0 Å². The molecule has 0 N–H and O–H groups in total. The van der Waals surface area contributed by atoms with Crippen LogP contribution in [0.2, 0.25) is 0 Å². The minimum absolute atomic E-state index is 0.0309. The summed E-state index contributed by atoms with van der Waals surface area (Å²) in [7, 11) is 0. The van der Waals surface area contributed by atoms with Gasteiger partial charge in [-0.2, -0.15) is 0 Å². The Kier molecular flexibility index (Phi) is 4.33. The van der Waals surface area contributed by atoms with Crippen molar-refractivity contribution in [2.45, 2.75) is 77.9 Å². The largest absolute Gasteiger partial charge is 0.350 e. The molecule has 0 aromatic rings. The lowest BCUT2D eigenvalue weighted by Crippen LogP contribution is -2.57. The molecule has 5 fully saturated rings. The number of carbonyl (C=O) groups excluding carboxylic acids is 2. The second-order valence-electron chi connectivity index (χ2n) is 10.6. The molecule has 4 heteroatoms. The highest BCUT2D eigenvalue weighted by Crippen LogP contribution is 2.67. The Labute approximate surface area is 162 Å². The van der Waals surface area contributed by atoms with E-state index in [1.54, 1.807) is 0 Å². The van der Waals surface area contributed by atoms with Crippen LogP contribution in [0.15, 0.2) is 0 Å². The monoisotopic (exact) mass is 374 g/mol. The van der Waals surface area contributed by atoms with Gasteiger partial charge in [-0.15, -0.1) is 0 Å². The summed E-state index contributed by atoms with van der Waals surface area (Å²) in [6.07, 6.45) is 8.76. The predicted octanol–water partition coefficient (Wildman–Crippen LogP) is 4.16. The van der Waals surface area contributed by atoms with Gasteiger partial charge in [-0.05, 0) is 66.6 Å². The summed E-state index contributed by atoms with van der Waals surface area (Å²) in [5.74, 6) is 3.00. The molecule has 7 atom stereocenters. The Bertz CT molecular complexity index is 638. The molecule has 4 saturated carbocycles. The maximum absolute atomic E-state index is 13.3. The van der Waals surface area contributed by atoms with Crippen LogP contribution in [0.4, 0.5) is 0 Å². The Morgan fingerprint density at radius 3 is 2.44 bits per heavy atom. The third-order valence-electron chi connectivity index (χ3n) is 9.65. The Morgan fingerprint density at radius 1 is 0.926 bits per heavy atom. The third kappa shape index (κ3) is 2.69. The minimum atomic E-state index is -0.0309. The number of ketones is 2. The lowest BCUT2D eigenvalue weighted by molar-refractivity contribution is -0.159. The van der Waals surface area contributed by atoms with Crippen molar-refractivity contribution >= 4 is 11.6 Å². The first kappa shape index (κ1) is 18.3. The second-order valence-corrected chi connectivity index (χ2v) is 10.6. The maximum Gasteiger partial charge on any atom is 0.158 e. The first-order valence-corrected chi connectivity index (χ1v) is 11.2. The van der Waals surface area contributed by atoms with Gasteiger partial charge >= 0.3 is 0 Å². The highest BCUT2D eigenvalue weighted by molar-refractivity contribution is 5.86. The van der Waals surface area contributed by atoms with Crippen LogP contribution in [0, 0.1) is 40.4 Å². The molecule has 5 aliphatic rings. The van der Waals surface area contributed by atoms with Gasteiger partial charge in [0.15, 0.2) is 6.29 Å². The fourth-order valence-corrected chi connectivity index (χ4v) is 8.00. The van der Waals surface area contributed by atoms with Crippen molar-refractivity contribution in [1.82, 2.24) is 0 Å². The van der Waals surface area contributed by atoms with Crippen LogP contribution in [-0.2, 0) is 19.1 Å². The third-order valence-corrected chi connectivity index (χ3v) is 9.65. The molecule has 0 aromatic heterocycles. The quantitative estimate of drug-likeness (QED) is 0.728. The van der Waals surface area contributed by atoms with E-state index in [9.17, 15) is 9.59 Å². The van der Waals surface area contributed by atoms with E-state index in [0.29, 0.717) is 48.1 Å². The summed E-state index contributed by atoms with van der Waals surface area (Å²) >= 11 is 0. The summed E-state index contributed by atoms with van der Waals surface area (Å²) in [5.41, 5.74) is 0.448. The zero-order valence-electron chi connectivity index (χ0n) is 16.9. The molecule has 1 saturated heterocycles. The van der Waals surface area contributed by atoms with E-state index >= 15 is 0 Å². The van der Waals surface area contributed by atoms with E-state index in [0.717, 1.165) is 38.9 Å². The molecule has 1 aliphatic heterocycles. The lowest BCUT2D eigenvalue weighted by atomic mass is 9.44. The molecule has 4 aliphatic carbocycles. The van der Waals surface area contributed by atoms with Crippen molar-refractivity contribution in [3.63, 3.8) is 0 Å². The summed E-state index contributed by atoms with van der Waals surface area (Å²) in [6, 6.07) is 0. The number of rotatable bonds is 2. The molecule has 0 radical (unpaired) electrons. The van der Waals surface area contributed by atoms with E-state index in [1.165, 1.54) is 19.3 Å². The van der Waals surface area contributed by atoms with Crippen LogP contribution in [0.3, 0.4) is 0 Å². The number of hydrogen-bond acceptors (Lipinski definition) is 4. The zero-order valence-corrected chi connectivity index (χ0v) is 16.9. The topological polar surface area (TPSA) is 52.6 Å². The molecule has 150 valence electrons. The average Bonchev–Trinajstić information content (AvgIpc) is 3.25. The van der Waals surface area contributed by atoms with Gasteiger partial charge in [0.1, 0.15) is 11.6 Å². The summed E-state index contributed by atoms with van der Waals surface area (Å²) in [4.78, 5) is 25.3. The van der Waals surface area contributed by atoms with Crippen molar-refractivity contribution in [3.05, 3.63) is 0 Å². The standard InChI is InChI=1S/C23H34O4/c1-22-8-6-18-21(17(22)4-3-14(22)13-20-26-9-10-27-20)19(25)12-15-11-16(24)5-7-23(15,18)2/h14-15,17-18,20-21H,3-13H2,1-2H3/t14-,15?,17?,18?,21?,22?,23?/m1/s1.